The van der Waals surface area contributed by atoms with Crippen LogP contribution in [-0.4, -0.2) is 22.3 Å². The van der Waals surface area contributed by atoms with Gasteiger partial charge in [0.25, 0.3) is 11.5 Å². The Bertz CT molecular complexity index is 897. The third-order valence-corrected chi connectivity index (χ3v) is 5.07. The lowest BCUT2D eigenvalue weighted by Crippen LogP contribution is -2.34. The predicted octanol–water partition coefficient (Wildman–Crippen LogP) is 3.67. The van der Waals surface area contributed by atoms with Crippen molar-refractivity contribution in [2.75, 3.05) is 6.54 Å². The summed E-state index contributed by atoms with van der Waals surface area (Å²) in [4.78, 5) is 29.8. The summed E-state index contributed by atoms with van der Waals surface area (Å²) in [6, 6.07) is 8.92. The van der Waals surface area contributed by atoms with Crippen molar-refractivity contribution in [2.24, 2.45) is 0 Å². The average molecular weight is 340 g/mol. The van der Waals surface area contributed by atoms with Crippen molar-refractivity contribution in [1.29, 1.82) is 0 Å². The molecule has 1 unspecified atom stereocenters. The number of nitrogens with zero attached hydrogens (tertiary/aromatic N) is 1. The summed E-state index contributed by atoms with van der Waals surface area (Å²) in [6.45, 7) is 0.679. The summed E-state index contributed by atoms with van der Waals surface area (Å²) < 4.78 is 5.28. The van der Waals surface area contributed by atoms with E-state index in [1.807, 2.05) is 11.4 Å². The minimum absolute atomic E-state index is 0.0629. The number of hydrogen-bond donors (Lipinski definition) is 1. The van der Waals surface area contributed by atoms with Crippen LogP contribution in [0.4, 0.5) is 0 Å². The number of aromatic amines is 1. The molecule has 3 aromatic rings. The van der Waals surface area contributed by atoms with Crippen molar-refractivity contribution in [2.45, 2.75) is 18.9 Å². The van der Waals surface area contributed by atoms with Crippen molar-refractivity contribution in [3.63, 3.8) is 0 Å². The number of furan rings is 1. The minimum Gasteiger partial charge on any atom is -0.463 e. The Balaban J connectivity index is 1.64. The lowest BCUT2D eigenvalue weighted by atomic mass is 10.1. The molecular formula is C18H16N2O3S. The Morgan fingerprint density at radius 1 is 1.29 bits per heavy atom. The Morgan fingerprint density at radius 3 is 2.92 bits per heavy atom. The highest BCUT2D eigenvalue weighted by atomic mass is 32.1. The molecule has 1 aliphatic heterocycles. The molecule has 3 aromatic heterocycles. The number of thiophene rings is 1. The van der Waals surface area contributed by atoms with E-state index in [0.29, 0.717) is 18.0 Å². The largest absolute Gasteiger partial charge is 0.463 e. The zero-order valence-electron chi connectivity index (χ0n) is 12.9. The summed E-state index contributed by atoms with van der Waals surface area (Å²) in [5.41, 5.74) is 1.50. The summed E-state index contributed by atoms with van der Waals surface area (Å²) in [7, 11) is 0. The topological polar surface area (TPSA) is 66.3 Å². The van der Waals surface area contributed by atoms with Gasteiger partial charge in [-0.05, 0) is 59.5 Å². The fourth-order valence-corrected chi connectivity index (χ4v) is 3.90. The molecule has 4 heterocycles. The molecule has 1 atom stereocenters. The normalized spacial score (nSPS) is 17.3. The first-order chi connectivity index (χ1) is 11.7. The molecule has 1 aliphatic rings. The maximum Gasteiger partial charge on any atom is 0.261 e. The van der Waals surface area contributed by atoms with Gasteiger partial charge in [0.05, 0.1) is 18.0 Å². The standard InChI is InChI=1S/C18H16N2O3S/c21-17-13(5-6-14(19-17)16-4-2-9-23-16)18(22)20-8-1-3-15(20)12-7-10-24-11-12/h2,4-7,9-11,15H,1,3,8H2,(H,19,21). The molecule has 0 aliphatic carbocycles. The highest BCUT2D eigenvalue weighted by Gasteiger charge is 2.31. The quantitative estimate of drug-likeness (QED) is 0.791. The second-order valence-electron chi connectivity index (χ2n) is 5.81. The van der Waals surface area contributed by atoms with E-state index in [0.717, 1.165) is 18.4 Å². The van der Waals surface area contributed by atoms with Crippen molar-refractivity contribution in [3.05, 3.63) is 68.8 Å². The zero-order valence-corrected chi connectivity index (χ0v) is 13.7. The first kappa shape index (κ1) is 15.0. The van der Waals surface area contributed by atoms with Crippen LogP contribution in [-0.2, 0) is 0 Å². The number of H-pyrrole nitrogens is 1. The third-order valence-electron chi connectivity index (χ3n) is 4.37. The van der Waals surface area contributed by atoms with Gasteiger partial charge >= 0.3 is 0 Å². The van der Waals surface area contributed by atoms with Crippen LogP contribution >= 0.6 is 11.3 Å². The molecule has 5 nitrogen and oxygen atoms in total. The molecule has 122 valence electrons. The lowest BCUT2D eigenvalue weighted by molar-refractivity contribution is 0.0734. The molecular weight excluding hydrogens is 324 g/mol. The van der Waals surface area contributed by atoms with Crippen molar-refractivity contribution in [3.8, 4) is 11.5 Å². The molecule has 0 bridgehead atoms. The monoisotopic (exact) mass is 340 g/mol. The predicted molar refractivity (Wildman–Crippen MR) is 92.1 cm³/mol. The van der Waals surface area contributed by atoms with Crippen LogP contribution in [0.2, 0.25) is 0 Å². The molecule has 0 spiro atoms. The zero-order chi connectivity index (χ0) is 16.5. The first-order valence-corrected chi connectivity index (χ1v) is 8.78. The summed E-state index contributed by atoms with van der Waals surface area (Å²) in [6.07, 6.45) is 3.43. The SMILES string of the molecule is O=C(c1ccc(-c2ccco2)[nH]c1=O)N1CCCC1c1ccsc1. The van der Waals surface area contributed by atoms with Crippen LogP contribution < -0.4 is 5.56 Å². The molecule has 4 rings (SSSR count). The van der Waals surface area contributed by atoms with E-state index in [1.165, 1.54) is 0 Å². The number of aromatic nitrogens is 1. The van der Waals surface area contributed by atoms with E-state index in [1.54, 1.807) is 46.8 Å². The summed E-state index contributed by atoms with van der Waals surface area (Å²) in [5.74, 6) is 0.361. The molecule has 1 saturated heterocycles. The number of pyridine rings is 1. The number of carbonyl (C=O) groups is 1. The van der Waals surface area contributed by atoms with Gasteiger partial charge in [0.2, 0.25) is 0 Å². The average Bonchev–Trinajstić information content (AvgIpc) is 3.35. The van der Waals surface area contributed by atoms with E-state index in [-0.39, 0.29) is 23.1 Å². The Labute approximate surface area is 142 Å². The number of nitrogens with one attached hydrogen (secondary N) is 1. The van der Waals surface area contributed by atoms with Gasteiger partial charge in [-0.1, -0.05) is 0 Å². The Kier molecular flexibility index (Phi) is 3.82. The maximum atomic E-state index is 12.9. The number of amides is 1. The second kappa shape index (κ2) is 6.13. The van der Waals surface area contributed by atoms with Crippen LogP contribution in [0.15, 0.2) is 56.6 Å². The molecule has 0 saturated carbocycles. The van der Waals surface area contributed by atoms with Crippen LogP contribution in [0, 0.1) is 0 Å². The van der Waals surface area contributed by atoms with Gasteiger partial charge < -0.3 is 14.3 Å². The van der Waals surface area contributed by atoms with E-state index < -0.39 is 0 Å². The highest BCUT2D eigenvalue weighted by molar-refractivity contribution is 7.08. The van der Waals surface area contributed by atoms with Gasteiger partial charge in [0.1, 0.15) is 11.3 Å². The molecule has 24 heavy (non-hydrogen) atoms. The van der Waals surface area contributed by atoms with Gasteiger partial charge in [0, 0.05) is 6.54 Å². The van der Waals surface area contributed by atoms with E-state index in [9.17, 15) is 9.59 Å². The van der Waals surface area contributed by atoms with Crippen LogP contribution in [0.3, 0.4) is 0 Å². The van der Waals surface area contributed by atoms with Crippen LogP contribution in [0.1, 0.15) is 34.8 Å². The number of carbonyl (C=O) groups excluding carboxylic acids is 1. The Morgan fingerprint density at radius 2 is 2.21 bits per heavy atom. The van der Waals surface area contributed by atoms with Gasteiger partial charge in [-0.25, -0.2) is 0 Å². The van der Waals surface area contributed by atoms with Gasteiger partial charge in [-0.3, -0.25) is 9.59 Å². The maximum absolute atomic E-state index is 12.9. The van der Waals surface area contributed by atoms with Crippen LogP contribution in [0.25, 0.3) is 11.5 Å². The van der Waals surface area contributed by atoms with Crippen molar-refractivity contribution in [1.82, 2.24) is 9.88 Å². The molecule has 1 fully saturated rings. The van der Waals surface area contributed by atoms with E-state index in [4.69, 9.17) is 4.42 Å². The second-order valence-corrected chi connectivity index (χ2v) is 6.59. The molecule has 6 heteroatoms. The van der Waals surface area contributed by atoms with Gasteiger partial charge in [-0.2, -0.15) is 11.3 Å². The van der Waals surface area contributed by atoms with Crippen molar-refractivity contribution >= 4 is 17.2 Å². The molecule has 0 aromatic carbocycles. The first-order valence-electron chi connectivity index (χ1n) is 7.84. The van der Waals surface area contributed by atoms with E-state index >= 15 is 0 Å². The summed E-state index contributed by atoms with van der Waals surface area (Å²) >= 11 is 1.62. The van der Waals surface area contributed by atoms with Gasteiger partial charge in [-0.15, -0.1) is 0 Å². The fraction of sp³-hybridized carbons (Fsp3) is 0.222. The number of rotatable bonds is 3. The van der Waals surface area contributed by atoms with E-state index in [2.05, 4.69) is 10.4 Å². The highest BCUT2D eigenvalue weighted by Crippen LogP contribution is 2.33. The summed E-state index contributed by atoms with van der Waals surface area (Å²) in [5, 5.41) is 4.09. The number of likely N-dealkylation sites (tertiary alicyclic amines) is 1. The molecule has 1 amide bonds. The Hall–Kier alpha value is -2.60. The number of hydrogen-bond acceptors (Lipinski definition) is 4. The third kappa shape index (κ3) is 2.59. The van der Waals surface area contributed by atoms with Crippen molar-refractivity contribution < 1.29 is 9.21 Å². The lowest BCUT2D eigenvalue weighted by Gasteiger charge is -2.24. The molecule has 1 N–H and O–H groups in total. The fourth-order valence-electron chi connectivity index (χ4n) is 3.19. The smallest absolute Gasteiger partial charge is 0.261 e. The van der Waals surface area contributed by atoms with Crippen LogP contribution in [0.5, 0.6) is 0 Å². The minimum atomic E-state index is -0.384. The van der Waals surface area contributed by atoms with Gasteiger partial charge in [0.15, 0.2) is 0 Å². The molecule has 0 radical (unpaired) electrons.